The molecule has 0 radical (unpaired) electrons. The van der Waals surface area contributed by atoms with Gasteiger partial charge in [0.15, 0.2) is 11.2 Å². The zero-order chi connectivity index (χ0) is 28.1. The Morgan fingerprint density at radius 1 is 1.10 bits per heavy atom. The third-order valence-corrected chi connectivity index (χ3v) is 8.21. The Hall–Kier alpha value is -3.56. The van der Waals surface area contributed by atoms with Crippen molar-refractivity contribution in [2.24, 2.45) is 5.41 Å². The summed E-state index contributed by atoms with van der Waals surface area (Å²) in [7, 11) is 1.61. The number of nitrogens with zero attached hydrogens (tertiary/aromatic N) is 4. The van der Waals surface area contributed by atoms with E-state index in [0.29, 0.717) is 56.5 Å². The predicted octanol–water partition coefficient (Wildman–Crippen LogP) is 6.42. The largest absolute Gasteiger partial charge is 0.496 e. The lowest BCUT2D eigenvalue weighted by Crippen LogP contribution is -2.17. The Bertz CT molecular complexity index is 1610. The van der Waals surface area contributed by atoms with Gasteiger partial charge in [0.05, 0.1) is 31.7 Å². The number of imidazole rings is 1. The maximum absolute atomic E-state index is 11.3. The molecule has 2 heterocycles. The first kappa shape index (κ1) is 26.7. The van der Waals surface area contributed by atoms with Crippen LogP contribution in [0.4, 0.5) is 0 Å². The zero-order valence-electron chi connectivity index (χ0n) is 22.1. The summed E-state index contributed by atoms with van der Waals surface area (Å²) >= 11 is 13.3. The van der Waals surface area contributed by atoms with Crippen LogP contribution in [0.15, 0.2) is 42.7 Å². The van der Waals surface area contributed by atoms with Crippen LogP contribution in [-0.4, -0.2) is 49.9 Å². The van der Waals surface area contributed by atoms with Gasteiger partial charge in [-0.2, -0.15) is 4.98 Å². The predicted molar refractivity (Wildman–Crippen MR) is 151 cm³/mol. The number of carboxylic acid groups (broad SMARTS) is 1. The van der Waals surface area contributed by atoms with Gasteiger partial charge in [-0.25, -0.2) is 9.97 Å². The molecule has 0 aliphatic heterocycles. The van der Waals surface area contributed by atoms with E-state index < -0.39 is 5.97 Å². The first-order valence-electron chi connectivity index (χ1n) is 13.1. The maximum atomic E-state index is 11.3. The van der Waals surface area contributed by atoms with Crippen LogP contribution < -0.4 is 14.2 Å². The van der Waals surface area contributed by atoms with Crippen molar-refractivity contribution in [1.82, 2.24) is 19.5 Å². The van der Waals surface area contributed by atoms with Crippen molar-refractivity contribution in [3.8, 4) is 28.8 Å². The zero-order valence-corrected chi connectivity index (χ0v) is 23.6. The maximum Gasteiger partial charge on any atom is 0.304 e. The summed E-state index contributed by atoms with van der Waals surface area (Å²) in [6.07, 6.45) is 5.06. The number of carbonyl (C=O) groups is 1. The molecule has 9 nitrogen and oxygen atoms in total. The van der Waals surface area contributed by atoms with Crippen LogP contribution in [0.2, 0.25) is 10.0 Å². The van der Waals surface area contributed by atoms with Gasteiger partial charge in [0, 0.05) is 21.6 Å². The molecule has 2 aromatic carbocycles. The van der Waals surface area contributed by atoms with Crippen LogP contribution in [0.3, 0.4) is 0 Å². The molecule has 0 amide bonds. The summed E-state index contributed by atoms with van der Waals surface area (Å²) < 4.78 is 19.9. The highest BCUT2D eigenvalue weighted by Crippen LogP contribution is 2.50. The quantitative estimate of drug-likeness (QED) is 0.216. The molecular formula is C29H28Cl2N4O5. The van der Waals surface area contributed by atoms with Gasteiger partial charge in [-0.15, -0.1) is 0 Å². The highest BCUT2D eigenvalue weighted by Gasteiger charge is 2.45. The van der Waals surface area contributed by atoms with Crippen molar-refractivity contribution in [3.63, 3.8) is 0 Å². The third-order valence-electron chi connectivity index (χ3n) is 7.59. The van der Waals surface area contributed by atoms with Gasteiger partial charge in [0.2, 0.25) is 5.88 Å². The fraction of sp³-hybridized carbons (Fsp3) is 0.379. The van der Waals surface area contributed by atoms with Crippen LogP contribution in [0.5, 0.6) is 17.4 Å². The van der Waals surface area contributed by atoms with E-state index in [2.05, 4.69) is 9.97 Å². The van der Waals surface area contributed by atoms with E-state index >= 15 is 0 Å². The molecule has 1 N–H and O–H groups in total. The van der Waals surface area contributed by atoms with Gasteiger partial charge in [-0.05, 0) is 62.9 Å². The number of carboxylic acids is 1. The van der Waals surface area contributed by atoms with E-state index in [-0.39, 0.29) is 24.0 Å². The number of fused-ring (bicyclic) bond motifs is 1. The van der Waals surface area contributed by atoms with Crippen molar-refractivity contribution in [3.05, 3.63) is 58.3 Å². The molecule has 2 aliphatic rings. The van der Waals surface area contributed by atoms with E-state index in [4.69, 9.17) is 42.4 Å². The molecule has 11 heteroatoms. The van der Waals surface area contributed by atoms with Crippen molar-refractivity contribution < 1.29 is 24.1 Å². The van der Waals surface area contributed by atoms with E-state index in [9.17, 15) is 9.90 Å². The molecule has 0 spiro atoms. The lowest BCUT2D eigenvalue weighted by atomic mass is 10.0. The number of aliphatic carboxylic acids is 1. The van der Waals surface area contributed by atoms with Gasteiger partial charge >= 0.3 is 5.97 Å². The lowest BCUT2D eigenvalue weighted by Gasteiger charge is -2.17. The van der Waals surface area contributed by atoms with Crippen LogP contribution in [0, 0.1) is 5.41 Å². The number of hydrogen-bond donors (Lipinski definition) is 1. The molecule has 6 rings (SSSR count). The molecule has 0 saturated heterocycles. The van der Waals surface area contributed by atoms with Gasteiger partial charge in [0.1, 0.15) is 29.3 Å². The topological polar surface area (TPSA) is 109 Å². The first-order chi connectivity index (χ1) is 19.2. The summed E-state index contributed by atoms with van der Waals surface area (Å²) in [6, 6.07) is 10.9. The molecule has 2 aromatic heterocycles. The summed E-state index contributed by atoms with van der Waals surface area (Å²) in [5.41, 5.74) is 1.95. The Morgan fingerprint density at radius 2 is 1.90 bits per heavy atom. The minimum Gasteiger partial charge on any atom is -0.496 e. The number of methoxy groups -OCH3 is 1. The normalized spacial score (nSPS) is 16.5. The first-order valence-corrected chi connectivity index (χ1v) is 13.8. The van der Waals surface area contributed by atoms with Crippen molar-refractivity contribution >= 4 is 40.3 Å². The molecule has 4 aromatic rings. The summed E-state index contributed by atoms with van der Waals surface area (Å²) in [5, 5.41) is 10.2. The van der Waals surface area contributed by atoms with Crippen molar-refractivity contribution in [2.75, 3.05) is 13.7 Å². The molecule has 40 heavy (non-hydrogen) atoms. The van der Waals surface area contributed by atoms with Crippen LogP contribution in [-0.2, 0) is 11.3 Å². The highest BCUT2D eigenvalue weighted by molar-refractivity contribution is 6.34. The molecular weight excluding hydrogens is 555 g/mol. The molecule has 0 bridgehead atoms. The van der Waals surface area contributed by atoms with Crippen LogP contribution in [0.1, 0.15) is 44.6 Å². The summed E-state index contributed by atoms with van der Waals surface area (Å²) in [4.78, 5) is 25.2. The van der Waals surface area contributed by atoms with Crippen molar-refractivity contribution in [2.45, 2.75) is 51.2 Å². The number of halogens is 2. The fourth-order valence-corrected chi connectivity index (χ4v) is 5.25. The molecule has 208 valence electrons. The van der Waals surface area contributed by atoms with Gasteiger partial charge < -0.3 is 23.9 Å². The minimum atomic E-state index is -0.828. The molecule has 2 aliphatic carbocycles. The smallest absolute Gasteiger partial charge is 0.304 e. The average molecular weight is 583 g/mol. The van der Waals surface area contributed by atoms with Gasteiger partial charge in [-0.3, -0.25) is 4.79 Å². The monoisotopic (exact) mass is 582 g/mol. The number of aromatic nitrogens is 4. The van der Waals surface area contributed by atoms with Gasteiger partial charge in [0.25, 0.3) is 0 Å². The van der Waals surface area contributed by atoms with E-state index in [1.165, 1.54) is 6.33 Å². The van der Waals surface area contributed by atoms with Gasteiger partial charge in [-0.1, -0.05) is 29.3 Å². The Morgan fingerprint density at radius 3 is 2.60 bits per heavy atom. The Balaban J connectivity index is 1.44. The van der Waals surface area contributed by atoms with E-state index in [0.717, 1.165) is 31.2 Å². The summed E-state index contributed by atoms with van der Waals surface area (Å²) in [6.45, 7) is 2.66. The van der Waals surface area contributed by atoms with E-state index in [1.807, 2.05) is 35.8 Å². The highest BCUT2D eigenvalue weighted by atomic mass is 35.5. The number of ether oxygens (including phenoxy) is 3. The minimum absolute atomic E-state index is 0.0714. The van der Waals surface area contributed by atoms with Crippen molar-refractivity contribution in [1.29, 1.82) is 0 Å². The average Bonchev–Trinajstić information content (AvgIpc) is 3.82. The molecule has 2 saturated carbocycles. The Labute approximate surface area is 241 Å². The molecule has 2 fully saturated rings. The molecule has 0 atom stereocenters. The second-order valence-corrected chi connectivity index (χ2v) is 11.7. The lowest BCUT2D eigenvalue weighted by molar-refractivity contribution is -0.138. The molecule has 0 unspecified atom stereocenters. The standard InChI is InChI=1S/C29H28Cl2N4O5/c1-28(8-9-28)40-27-24-26(32-16-33-27)35(14-17-12-18(30)6-7-20(17)38-2)25(34-24)19-4-3-5-21(23(19)31)39-15-29(10-11-29)13-22(36)37/h3-7,12,16H,8-11,13-15H2,1-2H3,(H,36,37). The number of rotatable bonds is 11. The number of benzene rings is 2. The third kappa shape index (κ3) is 5.28. The second kappa shape index (κ2) is 10.1. The fourth-order valence-electron chi connectivity index (χ4n) is 4.79. The van der Waals surface area contributed by atoms with Crippen LogP contribution in [0.25, 0.3) is 22.6 Å². The second-order valence-electron chi connectivity index (χ2n) is 10.9. The summed E-state index contributed by atoms with van der Waals surface area (Å²) in [5.74, 6) is 1.26. The SMILES string of the molecule is COc1ccc(Cl)cc1Cn1c(-c2cccc(OCC3(CC(=O)O)CC3)c2Cl)nc2c(OC3(C)CC3)ncnc21. The van der Waals surface area contributed by atoms with E-state index in [1.54, 1.807) is 19.2 Å². The van der Waals surface area contributed by atoms with Crippen LogP contribution >= 0.6 is 23.2 Å². The number of hydrogen-bond acceptors (Lipinski definition) is 7. The Kier molecular flexibility index (Phi) is 6.74.